The maximum Gasteiger partial charge on any atom is 0.221 e. The van der Waals surface area contributed by atoms with E-state index in [0.717, 1.165) is 11.1 Å². The minimum Gasteiger partial charge on any atom is -0.457 e. The van der Waals surface area contributed by atoms with Crippen LogP contribution in [0, 0.1) is 0 Å². The van der Waals surface area contributed by atoms with Crippen LogP contribution >= 0.6 is 23.2 Å². The number of hydrogen-bond donors (Lipinski definition) is 0. The zero-order chi connectivity index (χ0) is 19.5. The van der Waals surface area contributed by atoms with Crippen LogP contribution in [0.5, 0.6) is 0 Å². The van der Waals surface area contributed by atoms with Crippen LogP contribution in [-0.4, -0.2) is 5.78 Å². The third kappa shape index (κ3) is 3.96. The number of allylic oxidation sites excluding steroid dienone is 1. The molecule has 0 aliphatic heterocycles. The Morgan fingerprint density at radius 3 is 2.32 bits per heavy atom. The first-order valence-corrected chi connectivity index (χ1v) is 9.29. The summed E-state index contributed by atoms with van der Waals surface area (Å²) in [6.45, 7) is 0. The van der Waals surface area contributed by atoms with Gasteiger partial charge in [-0.1, -0.05) is 35.3 Å². The average molecular weight is 409 g/mol. The zero-order valence-corrected chi connectivity index (χ0v) is 16.1. The van der Waals surface area contributed by atoms with Crippen molar-refractivity contribution >= 4 is 35.1 Å². The first-order valence-electron chi connectivity index (χ1n) is 8.53. The van der Waals surface area contributed by atoms with E-state index in [-0.39, 0.29) is 11.5 Å². The molecule has 0 aliphatic carbocycles. The van der Waals surface area contributed by atoms with E-state index in [9.17, 15) is 4.79 Å². The summed E-state index contributed by atoms with van der Waals surface area (Å²) in [6.07, 6.45) is 3.02. The maximum absolute atomic E-state index is 12.4. The zero-order valence-electron chi connectivity index (χ0n) is 14.6. The molecule has 4 rings (SSSR count). The predicted octanol–water partition coefficient (Wildman–Crippen LogP) is 7.41. The summed E-state index contributed by atoms with van der Waals surface area (Å²) in [6, 6.07) is 21.6. The second kappa shape index (κ2) is 7.93. The molecule has 3 nitrogen and oxygen atoms in total. The minimum atomic E-state index is -0.254. The summed E-state index contributed by atoms with van der Waals surface area (Å²) in [7, 11) is 0. The Morgan fingerprint density at radius 2 is 1.54 bits per heavy atom. The molecule has 138 valence electrons. The highest BCUT2D eigenvalue weighted by molar-refractivity contribution is 6.33. The molecule has 2 aromatic carbocycles. The van der Waals surface area contributed by atoms with Gasteiger partial charge >= 0.3 is 0 Å². The summed E-state index contributed by atoms with van der Waals surface area (Å²) in [4.78, 5) is 12.4. The molecule has 0 fully saturated rings. The summed E-state index contributed by atoms with van der Waals surface area (Å²) >= 11 is 12.1. The number of furan rings is 2. The quantitative estimate of drug-likeness (QED) is 0.255. The van der Waals surface area contributed by atoms with Gasteiger partial charge < -0.3 is 8.83 Å². The van der Waals surface area contributed by atoms with E-state index in [2.05, 4.69) is 0 Å². The SMILES string of the molecule is O=C(/C=C/c1ccc(-c2ccccc2Cl)o1)c1ccc(-c2ccc(Cl)cc2)o1. The van der Waals surface area contributed by atoms with Crippen molar-refractivity contribution in [2.45, 2.75) is 0 Å². The van der Waals surface area contributed by atoms with Gasteiger partial charge in [0.25, 0.3) is 0 Å². The summed E-state index contributed by atoms with van der Waals surface area (Å²) in [5.41, 5.74) is 1.65. The van der Waals surface area contributed by atoms with Gasteiger partial charge in [-0.25, -0.2) is 0 Å². The van der Waals surface area contributed by atoms with Crippen LogP contribution in [-0.2, 0) is 0 Å². The molecule has 0 saturated carbocycles. The molecule has 0 spiro atoms. The average Bonchev–Trinajstić information content (AvgIpc) is 3.37. The lowest BCUT2D eigenvalue weighted by Crippen LogP contribution is -1.90. The first kappa shape index (κ1) is 18.4. The van der Waals surface area contributed by atoms with Crippen molar-refractivity contribution in [1.29, 1.82) is 0 Å². The fraction of sp³-hybridized carbons (Fsp3) is 0. The van der Waals surface area contributed by atoms with Crippen LogP contribution in [0.2, 0.25) is 10.0 Å². The largest absolute Gasteiger partial charge is 0.457 e. The van der Waals surface area contributed by atoms with Crippen LogP contribution in [0.1, 0.15) is 16.3 Å². The Bertz CT molecular complexity index is 1150. The van der Waals surface area contributed by atoms with Gasteiger partial charge in [0.1, 0.15) is 17.3 Å². The van der Waals surface area contributed by atoms with Crippen molar-refractivity contribution in [3.05, 3.63) is 100 Å². The molecule has 0 bridgehead atoms. The number of carbonyl (C=O) groups excluding carboxylic acids is 1. The van der Waals surface area contributed by atoms with Crippen molar-refractivity contribution in [2.24, 2.45) is 0 Å². The lowest BCUT2D eigenvalue weighted by Gasteiger charge is -1.98. The third-order valence-corrected chi connectivity index (χ3v) is 4.72. The van der Waals surface area contributed by atoms with Crippen molar-refractivity contribution in [1.82, 2.24) is 0 Å². The molecule has 2 heterocycles. The number of carbonyl (C=O) groups is 1. The second-order valence-electron chi connectivity index (χ2n) is 6.05. The molecule has 0 amide bonds. The van der Waals surface area contributed by atoms with E-state index in [1.807, 2.05) is 36.4 Å². The number of halogens is 2. The summed E-state index contributed by atoms with van der Waals surface area (Å²) in [5, 5.41) is 1.25. The molecule has 0 atom stereocenters. The predicted molar refractivity (Wildman–Crippen MR) is 112 cm³/mol. The topological polar surface area (TPSA) is 43.4 Å². The number of benzene rings is 2. The Kier molecular flexibility index (Phi) is 5.20. The van der Waals surface area contributed by atoms with Gasteiger partial charge in [0, 0.05) is 16.1 Å². The monoisotopic (exact) mass is 408 g/mol. The van der Waals surface area contributed by atoms with Crippen molar-refractivity contribution in [2.75, 3.05) is 0 Å². The highest BCUT2D eigenvalue weighted by atomic mass is 35.5. The van der Waals surface area contributed by atoms with Crippen LogP contribution in [0.15, 0.2) is 87.7 Å². The van der Waals surface area contributed by atoms with E-state index in [1.54, 1.807) is 42.5 Å². The summed E-state index contributed by atoms with van der Waals surface area (Å²) < 4.78 is 11.4. The molecular weight excluding hydrogens is 395 g/mol. The van der Waals surface area contributed by atoms with E-state index < -0.39 is 0 Å². The molecule has 0 N–H and O–H groups in total. The number of rotatable bonds is 5. The Hall–Kier alpha value is -3.01. The van der Waals surface area contributed by atoms with Gasteiger partial charge in [-0.2, -0.15) is 0 Å². The van der Waals surface area contributed by atoms with E-state index in [1.165, 1.54) is 6.08 Å². The third-order valence-electron chi connectivity index (χ3n) is 4.14. The van der Waals surface area contributed by atoms with Crippen molar-refractivity contribution in [3.8, 4) is 22.6 Å². The molecule has 28 heavy (non-hydrogen) atoms. The Morgan fingerprint density at radius 1 is 0.786 bits per heavy atom. The molecular formula is C23H14Cl2O3. The van der Waals surface area contributed by atoms with Gasteiger partial charge in [-0.05, 0) is 72.8 Å². The highest BCUT2D eigenvalue weighted by Crippen LogP contribution is 2.29. The maximum atomic E-state index is 12.4. The van der Waals surface area contributed by atoms with Crippen LogP contribution in [0.25, 0.3) is 28.7 Å². The lowest BCUT2D eigenvalue weighted by molar-refractivity contribution is 0.102. The molecule has 4 aromatic rings. The Balaban J connectivity index is 1.49. The van der Waals surface area contributed by atoms with Crippen LogP contribution in [0.4, 0.5) is 0 Å². The van der Waals surface area contributed by atoms with Crippen LogP contribution < -0.4 is 0 Å². The smallest absolute Gasteiger partial charge is 0.221 e. The van der Waals surface area contributed by atoms with Crippen molar-refractivity contribution < 1.29 is 13.6 Å². The van der Waals surface area contributed by atoms with Crippen LogP contribution in [0.3, 0.4) is 0 Å². The van der Waals surface area contributed by atoms with Gasteiger partial charge in [0.2, 0.25) is 5.78 Å². The second-order valence-corrected chi connectivity index (χ2v) is 6.89. The van der Waals surface area contributed by atoms with Gasteiger partial charge in [0.05, 0.1) is 5.02 Å². The van der Waals surface area contributed by atoms with Crippen molar-refractivity contribution in [3.63, 3.8) is 0 Å². The van der Waals surface area contributed by atoms with E-state index in [0.29, 0.717) is 27.3 Å². The molecule has 0 radical (unpaired) electrons. The molecule has 0 aliphatic rings. The fourth-order valence-corrected chi connectivity index (χ4v) is 3.08. The van der Waals surface area contributed by atoms with Gasteiger partial charge in [-0.15, -0.1) is 0 Å². The van der Waals surface area contributed by atoms with Gasteiger partial charge in [0.15, 0.2) is 5.76 Å². The normalized spacial score (nSPS) is 11.2. The number of ketones is 1. The minimum absolute atomic E-state index is 0.249. The first-order chi connectivity index (χ1) is 13.6. The molecule has 5 heteroatoms. The Labute approximate surface area is 171 Å². The van der Waals surface area contributed by atoms with Gasteiger partial charge in [-0.3, -0.25) is 4.79 Å². The van der Waals surface area contributed by atoms with E-state index >= 15 is 0 Å². The summed E-state index contributed by atoms with van der Waals surface area (Å²) in [5.74, 6) is 1.79. The molecule has 2 aromatic heterocycles. The standard InChI is InChI=1S/C23H14Cl2O3/c24-16-7-5-15(6-8-16)21-13-14-23(28-21)20(26)11-9-17-10-12-22(27-17)18-3-1-2-4-19(18)25/h1-14H/b11-9+. The number of hydrogen-bond acceptors (Lipinski definition) is 3. The molecule has 0 unspecified atom stereocenters. The highest BCUT2D eigenvalue weighted by Gasteiger charge is 2.11. The molecule has 0 saturated heterocycles. The fourth-order valence-electron chi connectivity index (χ4n) is 2.73. The lowest BCUT2D eigenvalue weighted by atomic mass is 10.2. The van der Waals surface area contributed by atoms with E-state index in [4.69, 9.17) is 32.0 Å².